The zero-order valence-electron chi connectivity index (χ0n) is 19.1. The van der Waals surface area contributed by atoms with E-state index < -0.39 is 0 Å². The fraction of sp³-hybridized carbons (Fsp3) is 0.625. The Kier molecular flexibility index (Phi) is 6.00. The third-order valence-electron chi connectivity index (χ3n) is 5.95. The van der Waals surface area contributed by atoms with E-state index in [0.29, 0.717) is 5.56 Å². The highest BCUT2D eigenvalue weighted by molar-refractivity contribution is 5.97. The third kappa shape index (κ3) is 4.95. The second kappa shape index (κ2) is 8.02. The van der Waals surface area contributed by atoms with Crippen molar-refractivity contribution in [3.05, 3.63) is 35.2 Å². The van der Waals surface area contributed by atoms with Crippen molar-refractivity contribution in [3.63, 3.8) is 0 Å². The Morgan fingerprint density at radius 3 is 2.24 bits per heavy atom. The molecular weight excluding hydrogens is 360 g/mol. The lowest BCUT2D eigenvalue weighted by atomic mass is 9.78. The van der Waals surface area contributed by atoms with Crippen molar-refractivity contribution in [3.8, 4) is 0 Å². The monoisotopic (exact) mass is 396 g/mol. The molecule has 1 aromatic carbocycles. The van der Waals surface area contributed by atoms with Crippen LogP contribution in [0.2, 0.25) is 0 Å². The van der Waals surface area contributed by atoms with Gasteiger partial charge in [-0.15, -0.1) is 0 Å². The first-order valence-electron chi connectivity index (χ1n) is 10.9. The molecule has 1 amide bonds. The number of hydrogen-bond donors (Lipinski definition) is 1. The van der Waals surface area contributed by atoms with Crippen LogP contribution in [-0.4, -0.2) is 44.4 Å². The molecule has 5 heteroatoms. The maximum absolute atomic E-state index is 13.6. The predicted molar refractivity (Wildman–Crippen MR) is 119 cm³/mol. The summed E-state index contributed by atoms with van der Waals surface area (Å²) < 4.78 is 0. The standard InChI is InChI=1S/C24H36N4O/c1-8-9-12-28(19-14-23(4,5)27-24(6,7)15-19)22(29)18-10-11-20-21(13-18)26-17(3)16(2)25-20/h10-11,13,19,27H,8-9,12,14-15H2,1-7H3. The molecule has 5 nitrogen and oxygen atoms in total. The summed E-state index contributed by atoms with van der Waals surface area (Å²) >= 11 is 0. The molecule has 0 spiro atoms. The molecule has 1 saturated heterocycles. The number of benzene rings is 1. The maximum atomic E-state index is 13.6. The molecule has 158 valence electrons. The minimum atomic E-state index is 0.000655. The number of nitrogens with zero attached hydrogens (tertiary/aromatic N) is 3. The Hall–Kier alpha value is -2.01. The van der Waals surface area contributed by atoms with Crippen molar-refractivity contribution in [1.82, 2.24) is 20.2 Å². The Morgan fingerprint density at radius 1 is 1.07 bits per heavy atom. The van der Waals surface area contributed by atoms with Crippen LogP contribution in [0.25, 0.3) is 11.0 Å². The van der Waals surface area contributed by atoms with Crippen LogP contribution in [0.15, 0.2) is 18.2 Å². The number of carbonyl (C=O) groups excluding carboxylic acids is 1. The van der Waals surface area contributed by atoms with Gasteiger partial charge < -0.3 is 10.2 Å². The Morgan fingerprint density at radius 2 is 1.66 bits per heavy atom. The minimum absolute atomic E-state index is 0.000655. The zero-order chi connectivity index (χ0) is 21.4. The highest BCUT2D eigenvalue weighted by atomic mass is 16.2. The van der Waals surface area contributed by atoms with Gasteiger partial charge in [-0.2, -0.15) is 0 Å². The molecule has 0 radical (unpaired) electrons. The SMILES string of the molecule is CCCCN(C(=O)c1ccc2nc(C)c(C)nc2c1)C1CC(C)(C)NC(C)(C)C1. The van der Waals surface area contributed by atoms with Crippen LogP contribution in [0, 0.1) is 13.8 Å². The number of unbranched alkanes of at least 4 members (excludes halogenated alkanes) is 1. The number of piperidine rings is 1. The molecule has 0 aliphatic carbocycles. The second-order valence-electron chi connectivity index (χ2n) is 9.90. The lowest BCUT2D eigenvalue weighted by molar-refractivity contribution is 0.0442. The molecule has 0 atom stereocenters. The summed E-state index contributed by atoms with van der Waals surface area (Å²) in [5, 5.41) is 3.73. The topological polar surface area (TPSA) is 58.1 Å². The van der Waals surface area contributed by atoms with E-state index in [1.807, 2.05) is 32.0 Å². The van der Waals surface area contributed by atoms with Crippen LogP contribution in [0.3, 0.4) is 0 Å². The fourth-order valence-corrected chi connectivity index (χ4v) is 4.80. The van der Waals surface area contributed by atoms with E-state index in [1.165, 1.54) is 0 Å². The summed E-state index contributed by atoms with van der Waals surface area (Å²) in [7, 11) is 0. The van der Waals surface area contributed by atoms with Gasteiger partial charge in [0.1, 0.15) is 0 Å². The molecule has 1 N–H and O–H groups in total. The lowest BCUT2D eigenvalue weighted by Gasteiger charge is -2.49. The second-order valence-corrected chi connectivity index (χ2v) is 9.90. The Bertz CT molecular complexity index is 887. The van der Waals surface area contributed by atoms with E-state index in [2.05, 4.69) is 54.8 Å². The quantitative estimate of drug-likeness (QED) is 0.789. The Labute approximate surface area is 175 Å². The zero-order valence-corrected chi connectivity index (χ0v) is 19.1. The largest absolute Gasteiger partial charge is 0.336 e. The lowest BCUT2D eigenvalue weighted by Crippen LogP contribution is -2.62. The molecule has 1 aliphatic rings. The maximum Gasteiger partial charge on any atom is 0.254 e. The van der Waals surface area contributed by atoms with Crippen LogP contribution in [-0.2, 0) is 0 Å². The van der Waals surface area contributed by atoms with Gasteiger partial charge in [0, 0.05) is 29.2 Å². The van der Waals surface area contributed by atoms with E-state index in [4.69, 9.17) is 0 Å². The van der Waals surface area contributed by atoms with Gasteiger partial charge in [0.2, 0.25) is 0 Å². The Balaban J connectivity index is 1.95. The number of fused-ring (bicyclic) bond motifs is 1. The summed E-state index contributed by atoms with van der Waals surface area (Å²) in [5.41, 5.74) is 4.18. The molecule has 0 bridgehead atoms. The number of carbonyl (C=O) groups is 1. The van der Waals surface area contributed by atoms with Crippen LogP contribution in [0.5, 0.6) is 0 Å². The van der Waals surface area contributed by atoms with Crippen molar-refractivity contribution < 1.29 is 4.79 Å². The highest BCUT2D eigenvalue weighted by Crippen LogP contribution is 2.32. The molecule has 1 aromatic heterocycles. The summed E-state index contributed by atoms with van der Waals surface area (Å²) in [5.74, 6) is 0.110. The van der Waals surface area contributed by atoms with E-state index in [0.717, 1.165) is 54.6 Å². The smallest absolute Gasteiger partial charge is 0.254 e. The molecule has 2 heterocycles. The minimum Gasteiger partial charge on any atom is -0.336 e. The van der Waals surface area contributed by atoms with Crippen molar-refractivity contribution in [2.45, 2.75) is 91.3 Å². The summed E-state index contributed by atoms with van der Waals surface area (Å²) in [6.45, 7) is 15.8. The third-order valence-corrected chi connectivity index (χ3v) is 5.95. The molecule has 0 unspecified atom stereocenters. The van der Waals surface area contributed by atoms with Gasteiger partial charge in [0.05, 0.1) is 22.4 Å². The number of rotatable bonds is 5. The number of nitrogens with one attached hydrogen (secondary N) is 1. The van der Waals surface area contributed by atoms with Crippen molar-refractivity contribution in [2.75, 3.05) is 6.54 Å². The van der Waals surface area contributed by atoms with E-state index >= 15 is 0 Å². The van der Waals surface area contributed by atoms with Gasteiger partial charge in [-0.25, -0.2) is 9.97 Å². The summed E-state index contributed by atoms with van der Waals surface area (Å²) in [6.07, 6.45) is 4.00. The van der Waals surface area contributed by atoms with Gasteiger partial charge in [-0.1, -0.05) is 13.3 Å². The number of amides is 1. The first kappa shape index (κ1) is 21.7. The number of hydrogen-bond acceptors (Lipinski definition) is 4. The molecule has 1 fully saturated rings. The fourth-order valence-electron chi connectivity index (χ4n) is 4.80. The van der Waals surface area contributed by atoms with E-state index in [9.17, 15) is 4.79 Å². The van der Waals surface area contributed by atoms with Gasteiger partial charge in [-0.05, 0) is 79.0 Å². The molecular formula is C24H36N4O. The van der Waals surface area contributed by atoms with Crippen LogP contribution < -0.4 is 5.32 Å². The summed E-state index contributed by atoms with van der Waals surface area (Å²) in [6, 6.07) is 5.97. The highest BCUT2D eigenvalue weighted by Gasteiger charge is 2.41. The van der Waals surface area contributed by atoms with Crippen LogP contribution in [0.4, 0.5) is 0 Å². The van der Waals surface area contributed by atoms with E-state index in [-0.39, 0.29) is 23.0 Å². The molecule has 3 rings (SSSR count). The predicted octanol–water partition coefficient (Wildman–Crippen LogP) is 4.80. The van der Waals surface area contributed by atoms with Crippen LogP contribution in [0.1, 0.15) is 82.0 Å². The summed E-state index contributed by atoms with van der Waals surface area (Å²) in [4.78, 5) is 25.0. The number of aryl methyl sites for hydroxylation is 2. The molecule has 1 aliphatic heterocycles. The molecule has 29 heavy (non-hydrogen) atoms. The van der Waals surface area contributed by atoms with E-state index in [1.54, 1.807) is 0 Å². The average Bonchev–Trinajstić information content (AvgIpc) is 2.60. The van der Waals surface area contributed by atoms with Gasteiger partial charge >= 0.3 is 0 Å². The van der Waals surface area contributed by atoms with Crippen molar-refractivity contribution >= 4 is 16.9 Å². The average molecular weight is 397 g/mol. The van der Waals surface area contributed by atoms with Gasteiger partial charge in [0.15, 0.2) is 0 Å². The first-order valence-corrected chi connectivity index (χ1v) is 10.9. The first-order chi connectivity index (χ1) is 13.5. The van der Waals surface area contributed by atoms with Gasteiger partial charge in [0.25, 0.3) is 5.91 Å². The van der Waals surface area contributed by atoms with Gasteiger partial charge in [-0.3, -0.25) is 4.79 Å². The normalized spacial score (nSPS) is 18.7. The molecule has 0 saturated carbocycles. The van der Waals surface area contributed by atoms with Crippen molar-refractivity contribution in [2.24, 2.45) is 0 Å². The number of aromatic nitrogens is 2. The van der Waals surface area contributed by atoms with Crippen molar-refractivity contribution in [1.29, 1.82) is 0 Å². The molecule has 2 aromatic rings. The van der Waals surface area contributed by atoms with Crippen LogP contribution >= 0.6 is 0 Å².